The van der Waals surface area contributed by atoms with Gasteiger partial charge in [0.1, 0.15) is 17.7 Å². The molecular formula is C17H12N2. The Morgan fingerprint density at radius 1 is 1.00 bits per heavy atom. The zero-order chi connectivity index (χ0) is 13.7. The molecule has 0 atom stereocenters. The van der Waals surface area contributed by atoms with E-state index in [-0.39, 0.29) is 5.57 Å². The third-order valence-corrected chi connectivity index (χ3v) is 2.89. The fourth-order valence-corrected chi connectivity index (χ4v) is 1.95. The van der Waals surface area contributed by atoms with E-state index in [1.165, 1.54) is 5.56 Å². The van der Waals surface area contributed by atoms with E-state index in [4.69, 9.17) is 10.5 Å². The highest BCUT2D eigenvalue weighted by Gasteiger charge is 2.02. The van der Waals surface area contributed by atoms with Crippen molar-refractivity contribution < 1.29 is 0 Å². The van der Waals surface area contributed by atoms with Crippen molar-refractivity contribution in [1.82, 2.24) is 0 Å². The third-order valence-electron chi connectivity index (χ3n) is 2.89. The number of allylic oxidation sites excluding steroid dienone is 1. The average molecular weight is 244 g/mol. The minimum absolute atomic E-state index is 0.113. The number of rotatable bonds is 2. The van der Waals surface area contributed by atoms with E-state index >= 15 is 0 Å². The number of aryl methyl sites for hydroxylation is 1. The van der Waals surface area contributed by atoms with Crippen LogP contribution in [0.3, 0.4) is 0 Å². The van der Waals surface area contributed by atoms with Gasteiger partial charge in [0.25, 0.3) is 0 Å². The van der Waals surface area contributed by atoms with Gasteiger partial charge in [-0.3, -0.25) is 0 Å². The number of hydrogen-bond donors (Lipinski definition) is 0. The van der Waals surface area contributed by atoms with Gasteiger partial charge >= 0.3 is 0 Å². The molecule has 0 heterocycles. The van der Waals surface area contributed by atoms with Crippen molar-refractivity contribution in [1.29, 1.82) is 10.5 Å². The Morgan fingerprint density at radius 3 is 2.42 bits per heavy atom. The molecule has 0 fully saturated rings. The van der Waals surface area contributed by atoms with E-state index in [2.05, 4.69) is 19.1 Å². The van der Waals surface area contributed by atoms with Crippen molar-refractivity contribution in [2.45, 2.75) is 6.92 Å². The molecule has 0 saturated carbocycles. The molecule has 2 rings (SSSR count). The summed E-state index contributed by atoms with van der Waals surface area (Å²) in [6.07, 6.45) is 1.60. The molecule has 19 heavy (non-hydrogen) atoms. The zero-order valence-corrected chi connectivity index (χ0v) is 10.6. The van der Waals surface area contributed by atoms with E-state index in [0.29, 0.717) is 0 Å². The normalized spacial score (nSPS) is 9.21. The summed E-state index contributed by atoms with van der Waals surface area (Å²) in [6.45, 7) is 2.06. The lowest BCUT2D eigenvalue weighted by Crippen LogP contribution is -1.84. The van der Waals surface area contributed by atoms with Crippen LogP contribution in [0.15, 0.2) is 54.1 Å². The van der Waals surface area contributed by atoms with Gasteiger partial charge in [-0.2, -0.15) is 10.5 Å². The second-order valence-electron chi connectivity index (χ2n) is 4.22. The van der Waals surface area contributed by atoms with Crippen molar-refractivity contribution in [3.8, 4) is 23.3 Å². The predicted octanol–water partition coefficient (Wildman–Crippen LogP) is 4.09. The molecule has 2 heteroatoms. The quantitative estimate of drug-likeness (QED) is 0.747. The van der Waals surface area contributed by atoms with E-state index in [1.807, 2.05) is 48.5 Å². The molecule has 90 valence electrons. The highest BCUT2D eigenvalue weighted by atomic mass is 14.3. The van der Waals surface area contributed by atoms with Crippen LogP contribution in [-0.4, -0.2) is 0 Å². The summed E-state index contributed by atoms with van der Waals surface area (Å²) in [7, 11) is 0. The van der Waals surface area contributed by atoms with E-state index in [0.717, 1.165) is 16.7 Å². The van der Waals surface area contributed by atoms with Gasteiger partial charge < -0.3 is 0 Å². The van der Waals surface area contributed by atoms with Gasteiger partial charge in [0.2, 0.25) is 0 Å². The van der Waals surface area contributed by atoms with Gasteiger partial charge in [-0.15, -0.1) is 0 Å². The fourth-order valence-electron chi connectivity index (χ4n) is 1.95. The van der Waals surface area contributed by atoms with Gasteiger partial charge in [0.05, 0.1) is 0 Å². The standard InChI is InChI=1S/C17H12N2/c1-13-5-2-3-8-17(13)16-7-4-6-14(10-16)9-15(11-18)12-19/h2-10H,1H3. The smallest absolute Gasteiger partial charge is 0.130 e. The molecule has 0 saturated heterocycles. The number of benzene rings is 2. The van der Waals surface area contributed by atoms with Gasteiger partial charge in [0, 0.05) is 0 Å². The summed E-state index contributed by atoms with van der Waals surface area (Å²) in [6, 6.07) is 19.7. The molecule has 2 aromatic carbocycles. The topological polar surface area (TPSA) is 47.6 Å². The van der Waals surface area contributed by atoms with Crippen LogP contribution in [0.2, 0.25) is 0 Å². The summed E-state index contributed by atoms with van der Waals surface area (Å²) >= 11 is 0. The minimum atomic E-state index is 0.113. The van der Waals surface area contributed by atoms with Crippen LogP contribution in [0, 0.1) is 29.6 Å². The Balaban J connectivity index is 2.48. The molecule has 0 aliphatic carbocycles. The molecule has 2 nitrogen and oxygen atoms in total. The molecule has 0 N–H and O–H groups in total. The van der Waals surface area contributed by atoms with E-state index in [1.54, 1.807) is 6.08 Å². The number of nitrogens with zero attached hydrogens (tertiary/aromatic N) is 2. The van der Waals surface area contributed by atoms with Crippen LogP contribution < -0.4 is 0 Å². The lowest BCUT2D eigenvalue weighted by Gasteiger charge is -2.06. The minimum Gasteiger partial charge on any atom is -0.192 e. The SMILES string of the molecule is Cc1ccccc1-c1cccc(C=C(C#N)C#N)c1. The van der Waals surface area contributed by atoms with Crippen LogP contribution in [0.1, 0.15) is 11.1 Å². The Kier molecular flexibility index (Phi) is 3.76. The molecule has 0 amide bonds. The average Bonchev–Trinajstić information content (AvgIpc) is 2.45. The highest BCUT2D eigenvalue weighted by Crippen LogP contribution is 2.24. The summed E-state index contributed by atoms with van der Waals surface area (Å²) in [5, 5.41) is 17.6. The molecule has 0 aliphatic rings. The summed E-state index contributed by atoms with van der Waals surface area (Å²) in [4.78, 5) is 0. The van der Waals surface area contributed by atoms with Gasteiger partial charge in [-0.05, 0) is 41.3 Å². The van der Waals surface area contributed by atoms with Crippen molar-refractivity contribution >= 4 is 6.08 Å². The van der Waals surface area contributed by atoms with Gasteiger partial charge in [-0.25, -0.2) is 0 Å². The number of hydrogen-bond acceptors (Lipinski definition) is 2. The van der Waals surface area contributed by atoms with Crippen LogP contribution in [0.4, 0.5) is 0 Å². The monoisotopic (exact) mass is 244 g/mol. The Morgan fingerprint density at radius 2 is 1.74 bits per heavy atom. The lowest BCUT2D eigenvalue weighted by atomic mass is 9.98. The maximum absolute atomic E-state index is 8.78. The Bertz CT molecular complexity index is 697. The van der Waals surface area contributed by atoms with Crippen molar-refractivity contribution in [2.75, 3.05) is 0 Å². The van der Waals surface area contributed by atoms with Crippen molar-refractivity contribution in [2.24, 2.45) is 0 Å². The van der Waals surface area contributed by atoms with Crippen LogP contribution in [-0.2, 0) is 0 Å². The Labute approximate surface area is 112 Å². The first-order valence-electron chi connectivity index (χ1n) is 5.92. The fraction of sp³-hybridized carbons (Fsp3) is 0.0588. The maximum Gasteiger partial charge on any atom is 0.130 e. The lowest BCUT2D eigenvalue weighted by molar-refractivity contribution is 1.45. The van der Waals surface area contributed by atoms with Crippen molar-refractivity contribution in [3.63, 3.8) is 0 Å². The number of nitriles is 2. The molecule has 0 unspecified atom stereocenters. The van der Waals surface area contributed by atoms with Crippen LogP contribution >= 0.6 is 0 Å². The molecule has 0 aliphatic heterocycles. The van der Waals surface area contributed by atoms with E-state index in [9.17, 15) is 0 Å². The zero-order valence-electron chi connectivity index (χ0n) is 10.6. The first-order valence-corrected chi connectivity index (χ1v) is 5.92. The first kappa shape index (κ1) is 12.6. The third kappa shape index (κ3) is 2.89. The predicted molar refractivity (Wildman–Crippen MR) is 75.8 cm³/mol. The highest BCUT2D eigenvalue weighted by molar-refractivity contribution is 5.72. The first-order chi connectivity index (χ1) is 9.24. The van der Waals surface area contributed by atoms with Crippen LogP contribution in [0.5, 0.6) is 0 Å². The summed E-state index contributed by atoms with van der Waals surface area (Å²) < 4.78 is 0. The van der Waals surface area contributed by atoms with Crippen molar-refractivity contribution in [3.05, 3.63) is 65.2 Å². The van der Waals surface area contributed by atoms with Gasteiger partial charge in [-0.1, -0.05) is 42.5 Å². The second-order valence-corrected chi connectivity index (χ2v) is 4.22. The molecule has 2 aromatic rings. The van der Waals surface area contributed by atoms with E-state index < -0.39 is 0 Å². The molecule has 0 spiro atoms. The summed E-state index contributed by atoms with van der Waals surface area (Å²) in [5.74, 6) is 0. The Hall–Kier alpha value is -2.84. The molecule has 0 radical (unpaired) electrons. The molecule has 0 bridgehead atoms. The summed E-state index contributed by atoms with van der Waals surface area (Å²) in [5.41, 5.74) is 4.42. The second kappa shape index (κ2) is 5.67. The van der Waals surface area contributed by atoms with Gasteiger partial charge in [0.15, 0.2) is 0 Å². The largest absolute Gasteiger partial charge is 0.192 e. The van der Waals surface area contributed by atoms with Crippen LogP contribution in [0.25, 0.3) is 17.2 Å². The molecule has 0 aromatic heterocycles. The molecular weight excluding hydrogens is 232 g/mol. The maximum atomic E-state index is 8.78.